The summed E-state index contributed by atoms with van der Waals surface area (Å²) in [5.41, 5.74) is 0. The van der Waals surface area contributed by atoms with Crippen molar-refractivity contribution >= 4 is 12.1 Å². The molecule has 0 radical (unpaired) electrons. The minimum absolute atomic E-state index is 0.282. The van der Waals surface area contributed by atoms with Crippen LogP contribution in [0.1, 0.15) is 39.0 Å². The number of carbonyl (C=O) groups excluding carboxylic acids is 2. The van der Waals surface area contributed by atoms with Crippen LogP contribution in [0.3, 0.4) is 0 Å². The van der Waals surface area contributed by atoms with Crippen LogP contribution in [0.4, 0.5) is 4.79 Å². The van der Waals surface area contributed by atoms with Crippen molar-refractivity contribution in [1.82, 2.24) is 4.90 Å². The molecule has 1 heterocycles. The average Bonchev–Trinajstić information content (AvgIpc) is 2.57. The zero-order valence-corrected chi connectivity index (χ0v) is 14.1. The van der Waals surface area contributed by atoms with Gasteiger partial charge in [-0.3, -0.25) is 4.90 Å². The summed E-state index contributed by atoms with van der Waals surface area (Å²) < 4.78 is 16.1. The summed E-state index contributed by atoms with van der Waals surface area (Å²) in [7, 11) is 1.53. The number of hydrogen-bond donors (Lipinski definition) is 0. The smallest absolute Gasteiger partial charge is 0.415 e. The number of amides is 1. The van der Waals surface area contributed by atoms with E-state index < -0.39 is 18.1 Å². The molecule has 1 aromatic carbocycles. The standard InChI is InChI=1S/C18H23NO5/c1-12-16(17(20)22-12)19(2)18(21)24-15-10-8-14(9-11-15)23-13-6-4-3-5-7-13/h8-13,16H,3-7H2,1-2H3/t12-,16+/m0/s1. The van der Waals surface area contributed by atoms with Gasteiger partial charge >= 0.3 is 12.1 Å². The van der Waals surface area contributed by atoms with Gasteiger partial charge in [-0.2, -0.15) is 0 Å². The molecule has 2 atom stereocenters. The molecule has 1 amide bonds. The SMILES string of the molecule is C[C@@H]1OC(=O)[C@@H]1N(C)C(=O)Oc1ccc(OC2CCCCC2)cc1. The van der Waals surface area contributed by atoms with Crippen LogP contribution in [0.25, 0.3) is 0 Å². The van der Waals surface area contributed by atoms with Crippen molar-refractivity contribution in [2.24, 2.45) is 0 Å². The number of rotatable bonds is 4. The normalized spacial score (nSPS) is 23.8. The van der Waals surface area contributed by atoms with E-state index in [-0.39, 0.29) is 12.2 Å². The Morgan fingerprint density at radius 3 is 2.33 bits per heavy atom. The van der Waals surface area contributed by atoms with Gasteiger partial charge in [0.2, 0.25) is 0 Å². The van der Waals surface area contributed by atoms with Crippen molar-refractivity contribution in [1.29, 1.82) is 0 Å². The Hall–Kier alpha value is -2.24. The number of cyclic esters (lactones) is 1. The summed E-state index contributed by atoms with van der Waals surface area (Å²) in [5.74, 6) is 0.799. The lowest BCUT2D eigenvalue weighted by Crippen LogP contribution is -2.59. The van der Waals surface area contributed by atoms with Gasteiger partial charge in [-0.25, -0.2) is 9.59 Å². The monoisotopic (exact) mass is 333 g/mol. The van der Waals surface area contributed by atoms with Gasteiger partial charge < -0.3 is 14.2 Å². The molecule has 2 fully saturated rings. The predicted molar refractivity (Wildman–Crippen MR) is 87.1 cm³/mol. The van der Waals surface area contributed by atoms with Gasteiger partial charge in [0.25, 0.3) is 0 Å². The molecular formula is C18H23NO5. The summed E-state index contributed by atoms with van der Waals surface area (Å²) in [6.07, 6.45) is 5.31. The van der Waals surface area contributed by atoms with E-state index in [0.29, 0.717) is 5.75 Å². The molecule has 0 aromatic heterocycles. The fraction of sp³-hybridized carbons (Fsp3) is 0.556. The van der Waals surface area contributed by atoms with E-state index in [0.717, 1.165) is 18.6 Å². The molecule has 0 N–H and O–H groups in total. The molecule has 1 aromatic rings. The van der Waals surface area contributed by atoms with Crippen molar-refractivity contribution in [2.45, 2.75) is 57.3 Å². The number of ether oxygens (including phenoxy) is 3. The van der Waals surface area contributed by atoms with Crippen molar-refractivity contribution in [3.05, 3.63) is 24.3 Å². The molecule has 3 rings (SSSR count). The second-order valence-corrected chi connectivity index (χ2v) is 6.41. The molecule has 24 heavy (non-hydrogen) atoms. The highest BCUT2D eigenvalue weighted by Gasteiger charge is 2.44. The van der Waals surface area contributed by atoms with Gasteiger partial charge in [0.05, 0.1) is 6.10 Å². The molecule has 1 saturated carbocycles. The maximum atomic E-state index is 12.1. The molecule has 1 aliphatic carbocycles. The minimum atomic E-state index is -0.579. The predicted octanol–water partition coefficient (Wildman–Crippen LogP) is 3.14. The molecule has 6 nitrogen and oxygen atoms in total. The maximum absolute atomic E-state index is 12.1. The maximum Gasteiger partial charge on any atom is 0.415 e. The van der Waals surface area contributed by atoms with Crippen LogP contribution < -0.4 is 9.47 Å². The Morgan fingerprint density at radius 2 is 1.75 bits per heavy atom. The lowest BCUT2D eigenvalue weighted by atomic mass is 9.98. The Bertz CT molecular complexity index is 594. The Labute approximate surface area is 141 Å². The highest BCUT2D eigenvalue weighted by Crippen LogP contribution is 2.26. The van der Waals surface area contributed by atoms with Crippen molar-refractivity contribution in [3.8, 4) is 11.5 Å². The summed E-state index contributed by atoms with van der Waals surface area (Å²) in [5, 5.41) is 0. The van der Waals surface area contributed by atoms with Crippen LogP contribution in [0.2, 0.25) is 0 Å². The molecule has 2 aliphatic rings. The third-order valence-electron chi connectivity index (χ3n) is 4.58. The minimum Gasteiger partial charge on any atom is -0.490 e. The molecule has 0 spiro atoms. The summed E-state index contributed by atoms with van der Waals surface area (Å²) in [6, 6.07) is 6.43. The summed E-state index contributed by atoms with van der Waals surface area (Å²) in [4.78, 5) is 24.8. The third-order valence-corrected chi connectivity index (χ3v) is 4.58. The quantitative estimate of drug-likeness (QED) is 0.792. The first-order chi connectivity index (χ1) is 11.5. The Morgan fingerprint density at radius 1 is 1.12 bits per heavy atom. The first-order valence-corrected chi connectivity index (χ1v) is 8.46. The lowest BCUT2D eigenvalue weighted by Gasteiger charge is -2.37. The van der Waals surface area contributed by atoms with Gasteiger partial charge in [-0.05, 0) is 56.9 Å². The van der Waals surface area contributed by atoms with Crippen molar-refractivity contribution in [3.63, 3.8) is 0 Å². The highest BCUT2D eigenvalue weighted by molar-refractivity contribution is 5.86. The molecule has 130 valence electrons. The number of benzene rings is 1. The second-order valence-electron chi connectivity index (χ2n) is 6.41. The van der Waals surface area contributed by atoms with Crippen LogP contribution in [-0.4, -0.2) is 42.3 Å². The van der Waals surface area contributed by atoms with E-state index in [2.05, 4.69) is 0 Å². The summed E-state index contributed by atoms with van der Waals surface area (Å²) >= 11 is 0. The van der Waals surface area contributed by atoms with E-state index in [1.165, 1.54) is 31.2 Å². The van der Waals surface area contributed by atoms with Crippen LogP contribution in [0.5, 0.6) is 11.5 Å². The Kier molecular flexibility index (Phi) is 4.92. The molecule has 1 saturated heterocycles. The number of nitrogens with zero attached hydrogens (tertiary/aromatic N) is 1. The van der Waals surface area contributed by atoms with Crippen molar-refractivity contribution < 1.29 is 23.8 Å². The topological polar surface area (TPSA) is 65.1 Å². The van der Waals surface area contributed by atoms with Gasteiger partial charge in [0.15, 0.2) is 6.04 Å². The van der Waals surface area contributed by atoms with Gasteiger partial charge in [-0.15, -0.1) is 0 Å². The van der Waals surface area contributed by atoms with Crippen LogP contribution >= 0.6 is 0 Å². The zero-order chi connectivity index (χ0) is 17.1. The molecular weight excluding hydrogens is 310 g/mol. The number of carbonyl (C=O) groups is 2. The van der Waals surface area contributed by atoms with E-state index in [9.17, 15) is 9.59 Å². The van der Waals surface area contributed by atoms with E-state index in [4.69, 9.17) is 14.2 Å². The van der Waals surface area contributed by atoms with Crippen molar-refractivity contribution in [2.75, 3.05) is 7.05 Å². The van der Waals surface area contributed by atoms with E-state index >= 15 is 0 Å². The number of hydrogen-bond acceptors (Lipinski definition) is 5. The molecule has 6 heteroatoms. The fourth-order valence-electron chi connectivity index (χ4n) is 3.16. The highest BCUT2D eigenvalue weighted by atomic mass is 16.6. The van der Waals surface area contributed by atoms with Gasteiger partial charge in [0, 0.05) is 7.05 Å². The number of esters is 1. The third kappa shape index (κ3) is 3.63. The first-order valence-electron chi connectivity index (χ1n) is 8.46. The van der Waals surface area contributed by atoms with E-state index in [1.54, 1.807) is 31.2 Å². The molecule has 0 bridgehead atoms. The van der Waals surface area contributed by atoms with Crippen LogP contribution in [-0.2, 0) is 9.53 Å². The van der Waals surface area contributed by atoms with Gasteiger partial charge in [-0.1, -0.05) is 6.42 Å². The largest absolute Gasteiger partial charge is 0.490 e. The molecule has 1 aliphatic heterocycles. The average molecular weight is 333 g/mol. The lowest BCUT2D eigenvalue weighted by molar-refractivity contribution is -0.181. The molecule has 0 unspecified atom stereocenters. The zero-order valence-electron chi connectivity index (χ0n) is 14.1. The first kappa shape index (κ1) is 16.6. The van der Waals surface area contributed by atoms with Crippen LogP contribution in [0, 0.1) is 0 Å². The Balaban J connectivity index is 1.53. The second kappa shape index (κ2) is 7.11. The van der Waals surface area contributed by atoms with Gasteiger partial charge in [0.1, 0.15) is 17.6 Å². The van der Waals surface area contributed by atoms with E-state index in [1.807, 2.05) is 0 Å². The van der Waals surface area contributed by atoms with Crippen LogP contribution in [0.15, 0.2) is 24.3 Å². The number of likely N-dealkylation sites (N-methyl/N-ethyl adjacent to an activating group) is 1. The fourth-order valence-corrected chi connectivity index (χ4v) is 3.16. The summed E-state index contributed by atoms with van der Waals surface area (Å²) in [6.45, 7) is 1.74.